The highest BCUT2D eigenvalue weighted by Gasteiger charge is 2.26. The van der Waals surface area contributed by atoms with Gasteiger partial charge in [-0.25, -0.2) is 4.99 Å². The van der Waals surface area contributed by atoms with Crippen molar-refractivity contribution in [2.24, 2.45) is 4.99 Å². The fourth-order valence-corrected chi connectivity index (χ4v) is 4.85. The Labute approximate surface area is 229 Å². The molecule has 0 aliphatic carbocycles. The van der Waals surface area contributed by atoms with Crippen molar-refractivity contribution in [3.05, 3.63) is 126 Å². The van der Waals surface area contributed by atoms with Crippen LogP contribution in [0, 0.1) is 0 Å². The first-order chi connectivity index (χ1) is 19.7. The van der Waals surface area contributed by atoms with Gasteiger partial charge in [0.2, 0.25) is 0 Å². The van der Waals surface area contributed by atoms with Crippen LogP contribution in [0.1, 0.15) is 11.1 Å². The normalized spacial score (nSPS) is 15.3. The van der Waals surface area contributed by atoms with Crippen LogP contribution >= 0.6 is 0 Å². The lowest BCUT2D eigenvalue weighted by molar-refractivity contribution is -0.117. The van der Waals surface area contributed by atoms with Crippen molar-refractivity contribution in [2.45, 2.75) is 6.42 Å². The number of amides is 1. The zero-order chi connectivity index (χ0) is 26.9. The van der Waals surface area contributed by atoms with E-state index in [4.69, 9.17) is 4.42 Å². The average molecular weight is 526 g/mol. The summed E-state index contributed by atoms with van der Waals surface area (Å²) in [6.45, 7) is 0. The summed E-state index contributed by atoms with van der Waals surface area (Å²) in [4.78, 5) is 25.7. The van der Waals surface area contributed by atoms with Crippen molar-refractivity contribution in [2.75, 3.05) is 16.1 Å². The predicted octanol–water partition coefficient (Wildman–Crippen LogP) is 5.17. The van der Waals surface area contributed by atoms with Gasteiger partial charge in [-0.3, -0.25) is 20.2 Å². The molecule has 2 aliphatic heterocycles. The fraction of sp³-hybridized carbons (Fsp3) is 0.0323. The first kappa shape index (κ1) is 23.4. The summed E-state index contributed by atoms with van der Waals surface area (Å²) < 4.78 is 5.28. The number of furan rings is 1. The number of rotatable bonds is 4. The molecule has 0 fully saturated rings. The average Bonchev–Trinajstić information content (AvgIpc) is 3.71. The van der Waals surface area contributed by atoms with Gasteiger partial charge in [0.1, 0.15) is 11.5 Å². The summed E-state index contributed by atoms with van der Waals surface area (Å²) in [5, 5.41) is 7.50. The van der Waals surface area contributed by atoms with Gasteiger partial charge in [0.15, 0.2) is 0 Å². The number of aromatic nitrogens is 2. The lowest BCUT2D eigenvalue weighted by Crippen LogP contribution is -2.16. The van der Waals surface area contributed by atoms with Gasteiger partial charge in [-0.15, -0.1) is 0 Å². The van der Waals surface area contributed by atoms with Crippen LogP contribution in [-0.4, -0.2) is 15.9 Å². The van der Waals surface area contributed by atoms with Crippen molar-refractivity contribution >= 4 is 28.7 Å². The molecule has 2 aromatic carbocycles. The van der Waals surface area contributed by atoms with Crippen molar-refractivity contribution in [1.82, 2.24) is 15.4 Å². The number of anilines is 3. The van der Waals surface area contributed by atoms with E-state index in [2.05, 4.69) is 42.5 Å². The van der Waals surface area contributed by atoms with Crippen molar-refractivity contribution in [1.29, 1.82) is 0 Å². The van der Waals surface area contributed by atoms with Gasteiger partial charge in [0, 0.05) is 40.8 Å². The summed E-state index contributed by atoms with van der Waals surface area (Å²) in [5.74, 6) is 0.593. The standard InChI is InChI=1S/C31H23N7O2/c39-28(12-19-4-2-1-3-5-19)34-23-8-10-32-15-22(13-23)20-6-7-26-24(14-20)30(38-37-26)31-35-27-17-33-16-25(29(27)36-31)21-9-11-40-18-21/h1-11,13-18,35-38H,12H2. The number of nitrogens with zero attached hydrogens (tertiary/aromatic N) is 3. The van der Waals surface area contributed by atoms with E-state index < -0.39 is 0 Å². The molecule has 0 unspecified atom stereocenters. The van der Waals surface area contributed by atoms with Gasteiger partial charge in [-0.05, 0) is 41.5 Å². The lowest BCUT2D eigenvalue weighted by Gasteiger charge is -2.08. The Kier molecular flexibility index (Phi) is 5.78. The van der Waals surface area contributed by atoms with Gasteiger partial charge in [0.25, 0.3) is 5.91 Å². The van der Waals surface area contributed by atoms with Crippen LogP contribution in [0.25, 0.3) is 28.0 Å². The molecule has 1 amide bonds. The Morgan fingerprint density at radius 2 is 1.73 bits per heavy atom. The largest absolute Gasteiger partial charge is 0.472 e. The summed E-state index contributed by atoms with van der Waals surface area (Å²) >= 11 is 0. The second-order valence-corrected chi connectivity index (χ2v) is 9.42. The molecule has 7 rings (SSSR count). The number of nitrogens with one attached hydrogen (secondary N) is 4. The molecule has 5 aromatic rings. The number of hydrazine groups is 1. The number of carbonyl (C=O) groups excluding carboxylic acids is 1. The maximum Gasteiger partial charge on any atom is 0.250 e. The SMILES string of the molecule is O=C(Cc1ccccc1)N=c1ccncc(-c2ccc3c(c2)C(=C2Nc4cncc(-c5ccoc5)c4N2)NN3)c1. The summed E-state index contributed by atoms with van der Waals surface area (Å²) in [6, 6.07) is 21.2. The van der Waals surface area contributed by atoms with E-state index in [1.54, 1.807) is 37.2 Å². The van der Waals surface area contributed by atoms with E-state index in [-0.39, 0.29) is 12.3 Å². The van der Waals surface area contributed by atoms with E-state index >= 15 is 0 Å². The Balaban J connectivity index is 1.21. The Morgan fingerprint density at radius 3 is 2.60 bits per heavy atom. The van der Waals surface area contributed by atoms with Gasteiger partial charge in [-0.2, -0.15) is 0 Å². The molecule has 3 aromatic heterocycles. The maximum atomic E-state index is 12.6. The Morgan fingerprint density at radius 1 is 0.800 bits per heavy atom. The van der Waals surface area contributed by atoms with Crippen molar-refractivity contribution in [3.8, 4) is 22.3 Å². The van der Waals surface area contributed by atoms with Crippen LogP contribution in [0.4, 0.5) is 17.1 Å². The Bertz CT molecular complexity index is 1850. The van der Waals surface area contributed by atoms with Gasteiger partial charge in [0.05, 0.1) is 47.6 Å². The number of hydrogen-bond donors (Lipinski definition) is 4. The van der Waals surface area contributed by atoms with Crippen LogP contribution in [0.15, 0.2) is 119 Å². The zero-order valence-electron chi connectivity index (χ0n) is 21.2. The van der Waals surface area contributed by atoms with Crippen molar-refractivity contribution in [3.63, 3.8) is 0 Å². The smallest absolute Gasteiger partial charge is 0.250 e. The summed E-state index contributed by atoms with van der Waals surface area (Å²) in [6.07, 6.45) is 10.6. The molecule has 9 nitrogen and oxygen atoms in total. The highest BCUT2D eigenvalue weighted by Crippen LogP contribution is 2.42. The zero-order valence-corrected chi connectivity index (χ0v) is 21.2. The molecule has 40 heavy (non-hydrogen) atoms. The molecule has 4 N–H and O–H groups in total. The monoisotopic (exact) mass is 525 g/mol. The molecule has 0 spiro atoms. The first-order valence-corrected chi connectivity index (χ1v) is 12.7. The second-order valence-electron chi connectivity index (χ2n) is 9.42. The van der Waals surface area contributed by atoms with Crippen LogP contribution in [0.2, 0.25) is 0 Å². The highest BCUT2D eigenvalue weighted by atomic mass is 16.3. The predicted molar refractivity (Wildman–Crippen MR) is 153 cm³/mol. The third kappa shape index (κ3) is 4.45. The minimum atomic E-state index is -0.208. The Hall–Kier alpha value is -5.70. The van der Waals surface area contributed by atoms with E-state index in [0.29, 0.717) is 5.36 Å². The fourth-order valence-electron chi connectivity index (χ4n) is 4.85. The molecule has 0 radical (unpaired) electrons. The number of benzene rings is 2. The summed E-state index contributed by atoms with van der Waals surface area (Å²) in [7, 11) is 0. The molecule has 0 bridgehead atoms. The van der Waals surface area contributed by atoms with Crippen molar-refractivity contribution < 1.29 is 9.21 Å². The number of hydrogen-bond acceptors (Lipinski definition) is 8. The minimum Gasteiger partial charge on any atom is -0.472 e. The quantitative estimate of drug-likeness (QED) is 0.254. The number of fused-ring (bicyclic) bond motifs is 2. The molecular formula is C31H23N7O2. The molecule has 5 heterocycles. The van der Waals surface area contributed by atoms with Crippen LogP contribution in [0.3, 0.4) is 0 Å². The van der Waals surface area contributed by atoms with E-state index in [1.165, 1.54) is 0 Å². The lowest BCUT2D eigenvalue weighted by atomic mass is 10.0. The minimum absolute atomic E-state index is 0.208. The second kappa shape index (κ2) is 9.88. The molecule has 194 valence electrons. The summed E-state index contributed by atoms with van der Waals surface area (Å²) in [5.41, 5.74) is 15.7. The number of pyridine rings is 1. The van der Waals surface area contributed by atoms with Crippen LogP contribution in [0.5, 0.6) is 0 Å². The molecule has 0 atom stereocenters. The molecule has 0 saturated heterocycles. The number of carbonyl (C=O) groups is 1. The molecular weight excluding hydrogens is 502 g/mol. The van der Waals surface area contributed by atoms with E-state index in [9.17, 15) is 4.79 Å². The first-order valence-electron chi connectivity index (χ1n) is 12.7. The van der Waals surface area contributed by atoms with Gasteiger partial charge in [-0.1, -0.05) is 36.4 Å². The third-order valence-electron chi connectivity index (χ3n) is 6.78. The third-order valence-corrected chi connectivity index (χ3v) is 6.78. The van der Waals surface area contributed by atoms with Gasteiger partial charge >= 0.3 is 0 Å². The topological polar surface area (TPSA) is 116 Å². The van der Waals surface area contributed by atoms with Crippen LogP contribution < -0.4 is 26.8 Å². The maximum absolute atomic E-state index is 12.6. The van der Waals surface area contributed by atoms with Gasteiger partial charge < -0.3 is 20.5 Å². The van der Waals surface area contributed by atoms with Crippen LogP contribution in [-0.2, 0) is 11.2 Å². The highest BCUT2D eigenvalue weighted by molar-refractivity contribution is 5.96. The van der Waals surface area contributed by atoms with E-state index in [0.717, 1.165) is 62.0 Å². The van der Waals surface area contributed by atoms with E-state index in [1.807, 2.05) is 60.8 Å². The molecule has 0 saturated carbocycles. The molecule has 9 heteroatoms. The molecule has 2 aliphatic rings.